The number of aromatic nitrogens is 2. The van der Waals surface area contributed by atoms with Gasteiger partial charge in [0.15, 0.2) is 11.2 Å². The lowest BCUT2D eigenvalue weighted by atomic mass is 9.73. The predicted octanol–water partition coefficient (Wildman–Crippen LogP) is 11.0. The number of rotatable bonds is 2. The molecule has 2 atom stereocenters. The minimum absolute atomic E-state index is 0.0381. The zero-order valence-electron chi connectivity index (χ0n) is 35.2. The van der Waals surface area contributed by atoms with Crippen molar-refractivity contribution in [2.24, 2.45) is 21.8 Å². The van der Waals surface area contributed by atoms with Crippen molar-refractivity contribution < 1.29 is 19.1 Å². The first-order valence-electron chi connectivity index (χ1n) is 22.1. The number of Topliss-reactive ketones (excluding diaryl/α,β-unsaturated/α-hetero) is 2. The fourth-order valence-electron chi connectivity index (χ4n) is 11.0. The maximum atomic E-state index is 13.8. The Bertz CT molecular complexity index is 3130. The number of hydrogen-bond donors (Lipinski definition) is 0. The number of thiazole rings is 2. The molecule has 0 radical (unpaired) electrons. The highest BCUT2D eigenvalue weighted by Gasteiger charge is 2.50. The Hall–Kier alpha value is -7.62. The van der Waals surface area contributed by atoms with Crippen LogP contribution in [-0.4, -0.2) is 33.0 Å². The minimum atomic E-state index is -0.686. The molecule has 318 valence electrons. The number of nitriles is 4. The summed E-state index contributed by atoms with van der Waals surface area (Å²) >= 11 is 2.79. The molecule has 66 heavy (non-hydrogen) atoms. The van der Waals surface area contributed by atoms with Crippen molar-refractivity contribution in [3.63, 3.8) is 0 Å². The van der Waals surface area contributed by atoms with E-state index in [9.17, 15) is 30.6 Å². The first-order valence-corrected chi connectivity index (χ1v) is 23.7. The maximum Gasteiger partial charge on any atom is 0.212 e. The van der Waals surface area contributed by atoms with Gasteiger partial charge >= 0.3 is 0 Å². The molecule has 0 amide bonds. The molecule has 0 N–H and O–H groups in total. The molecule has 12 nitrogen and oxygen atoms in total. The summed E-state index contributed by atoms with van der Waals surface area (Å²) in [6.45, 7) is 0. The maximum absolute atomic E-state index is 13.8. The lowest BCUT2D eigenvalue weighted by molar-refractivity contribution is -0.0373. The highest BCUT2D eigenvalue weighted by Crippen LogP contribution is 2.59. The van der Waals surface area contributed by atoms with Crippen LogP contribution in [0.4, 0.5) is 10.3 Å². The average molecular weight is 899 g/mol. The van der Waals surface area contributed by atoms with Crippen molar-refractivity contribution in [3.8, 4) is 24.3 Å². The fourth-order valence-corrected chi connectivity index (χ4v) is 13.2. The van der Waals surface area contributed by atoms with Gasteiger partial charge in [-0.3, -0.25) is 9.59 Å². The normalized spacial score (nSPS) is 23.4. The van der Waals surface area contributed by atoms with Crippen LogP contribution in [0, 0.1) is 57.2 Å². The number of ether oxygens (including phenoxy) is 2. The van der Waals surface area contributed by atoms with Crippen LogP contribution in [0.15, 0.2) is 105 Å². The van der Waals surface area contributed by atoms with E-state index in [1.54, 1.807) is 48.5 Å². The largest absolute Gasteiger partial charge is 0.481 e. The summed E-state index contributed by atoms with van der Waals surface area (Å²) in [7, 11) is 0. The summed E-state index contributed by atoms with van der Waals surface area (Å²) in [5.74, 6) is 0.636. The standard InChI is InChI=1S/C52H34N8O4S2/c53-23-29(24-54)39-31-11-3-5-13-33(31)43(61)41(39)57-49-59-47-45(65-49)35-19-28-22-38-36(20-27(28)21-37(35)63-51(47)15-7-1-8-16-51)46-48(52(64-38)17-9-2-10-18-52)60-50(66-46)58-42-40(30(25-55)26-56)32-12-4-6-14-34(32)44(42)62/h3-6,11-14,19-22,27-28H,1-2,7-10,15-18H2. The smallest absolute Gasteiger partial charge is 0.212 e. The molecule has 4 aromatic rings. The summed E-state index contributed by atoms with van der Waals surface area (Å²) in [6.07, 6.45) is 17.9. The molecule has 4 heterocycles. The Kier molecular flexibility index (Phi) is 9.06. The van der Waals surface area contributed by atoms with E-state index in [1.165, 1.54) is 22.7 Å². The number of benzene rings is 2. The zero-order chi connectivity index (χ0) is 44.9. The summed E-state index contributed by atoms with van der Waals surface area (Å²) < 4.78 is 14.3. The van der Waals surface area contributed by atoms with Crippen LogP contribution in [0.25, 0.3) is 22.3 Å². The molecule has 2 spiro atoms. The number of aliphatic imine (C=N–C) groups is 2. The molecule has 2 aromatic heterocycles. The van der Waals surface area contributed by atoms with Gasteiger partial charge in [0, 0.05) is 45.3 Å². The minimum Gasteiger partial charge on any atom is -0.481 e. The molecular weight excluding hydrogens is 865 g/mol. The topological polar surface area (TPSA) is 198 Å². The van der Waals surface area contributed by atoms with Gasteiger partial charge < -0.3 is 9.47 Å². The van der Waals surface area contributed by atoms with Crippen LogP contribution < -0.4 is 0 Å². The van der Waals surface area contributed by atoms with Crippen LogP contribution in [-0.2, 0) is 20.7 Å². The van der Waals surface area contributed by atoms with Gasteiger partial charge in [-0.25, -0.2) is 20.0 Å². The number of ketones is 2. The van der Waals surface area contributed by atoms with Gasteiger partial charge in [-0.2, -0.15) is 21.0 Å². The van der Waals surface area contributed by atoms with Gasteiger partial charge in [0.25, 0.3) is 0 Å². The number of allylic oxidation sites excluding steroid dienone is 10. The zero-order valence-corrected chi connectivity index (χ0v) is 36.8. The number of carbonyl (C=O) groups is 2. The molecule has 2 unspecified atom stereocenters. The van der Waals surface area contributed by atoms with Gasteiger partial charge in [-0.05, 0) is 74.6 Å². The Morgan fingerprint density at radius 3 is 1.32 bits per heavy atom. The Morgan fingerprint density at radius 2 is 0.939 bits per heavy atom. The molecule has 12 rings (SSSR count). The fraction of sp³-hybridized carbons (Fsp3) is 0.269. The van der Waals surface area contributed by atoms with Crippen LogP contribution in [0.5, 0.6) is 0 Å². The van der Waals surface area contributed by atoms with Crippen molar-refractivity contribution in [2.45, 2.75) is 75.4 Å². The van der Waals surface area contributed by atoms with Gasteiger partial charge in [0.2, 0.25) is 21.8 Å². The van der Waals surface area contributed by atoms with Crippen LogP contribution in [0.1, 0.15) is 117 Å². The Balaban J connectivity index is 0.961. The average Bonchev–Trinajstić information content (AvgIpc) is 4.11. The van der Waals surface area contributed by atoms with Crippen molar-refractivity contribution in [2.75, 3.05) is 0 Å². The molecular formula is C52H34N8O4S2. The number of nitrogens with zero attached hydrogens (tertiary/aromatic N) is 8. The second kappa shape index (κ2) is 15.0. The van der Waals surface area contributed by atoms with Crippen molar-refractivity contribution in [1.29, 1.82) is 21.0 Å². The van der Waals surface area contributed by atoms with E-state index in [1.807, 2.05) is 24.3 Å². The molecule has 6 aliphatic carbocycles. The van der Waals surface area contributed by atoms with E-state index in [-0.39, 0.29) is 57.1 Å². The van der Waals surface area contributed by atoms with Crippen molar-refractivity contribution in [1.82, 2.24) is 9.97 Å². The summed E-state index contributed by atoms with van der Waals surface area (Å²) in [5, 5.41) is 40.5. The third-order valence-electron chi connectivity index (χ3n) is 14.0. The molecule has 2 aromatic carbocycles. The van der Waals surface area contributed by atoms with Crippen LogP contribution in [0.2, 0.25) is 0 Å². The molecule has 2 saturated carbocycles. The van der Waals surface area contributed by atoms with Gasteiger partial charge in [-0.1, -0.05) is 96.2 Å². The second-order valence-corrected chi connectivity index (χ2v) is 19.6. The van der Waals surface area contributed by atoms with E-state index < -0.39 is 11.2 Å². The summed E-state index contributed by atoms with van der Waals surface area (Å²) in [4.78, 5) is 49.5. The first-order chi connectivity index (χ1) is 32.3. The SMILES string of the molecule is N#CC(C#N)=C1C(=Nc2nc3c(s2)C2=CC4C=C5OC6(CCCCC6)c6nc(N=C7C(=O)c8ccccc8C7=C(C#N)C#N)sc6C5=CC4C=C2OC32CCCCC2)C(=O)c2ccccc21. The molecule has 0 saturated heterocycles. The molecule has 8 aliphatic rings. The highest BCUT2D eigenvalue weighted by atomic mass is 32.1. The molecule has 2 aliphatic heterocycles. The van der Waals surface area contributed by atoms with E-state index in [0.29, 0.717) is 32.5 Å². The Morgan fingerprint density at radius 1 is 0.561 bits per heavy atom. The number of carbonyl (C=O) groups excluding carboxylic acids is 2. The molecule has 14 heteroatoms. The third kappa shape index (κ3) is 5.82. The molecule has 2 fully saturated rings. The van der Waals surface area contributed by atoms with E-state index in [4.69, 9.17) is 29.4 Å². The van der Waals surface area contributed by atoms with Crippen LogP contribution >= 0.6 is 22.7 Å². The predicted molar refractivity (Wildman–Crippen MR) is 247 cm³/mol. The van der Waals surface area contributed by atoms with Gasteiger partial charge in [0.05, 0.1) is 9.75 Å². The second-order valence-electron chi connectivity index (χ2n) is 17.7. The molecule has 0 bridgehead atoms. The van der Waals surface area contributed by atoms with E-state index in [2.05, 4.69) is 24.3 Å². The summed E-state index contributed by atoms with van der Waals surface area (Å²) in [6, 6.07) is 21.8. The van der Waals surface area contributed by atoms with Gasteiger partial charge in [0.1, 0.15) is 69.8 Å². The quantitative estimate of drug-likeness (QED) is 0.174. The lowest BCUT2D eigenvalue weighted by Gasteiger charge is -2.45. The van der Waals surface area contributed by atoms with Crippen LogP contribution in [0.3, 0.4) is 0 Å². The highest BCUT2D eigenvalue weighted by molar-refractivity contribution is 7.17. The number of fused-ring (bicyclic) bond motifs is 11. The van der Waals surface area contributed by atoms with E-state index in [0.717, 1.165) is 108 Å². The van der Waals surface area contributed by atoms with Crippen molar-refractivity contribution >= 4 is 78.2 Å². The monoisotopic (exact) mass is 898 g/mol. The number of hydrogen-bond acceptors (Lipinski definition) is 14. The third-order valence-corrected chi connectivity index (χ3v) is 16.0. The van der Waals surface area contributed by atoms with Crippen molar-refractivity contribution in [3.05, 3.63) is 139 Å². The summed E-state index contributed by atoms with van der Waals surface area (Å²) in [5.41, 5.74) is 4.05. The van der Waals surface area contributed by atoms with Gasteiger partial charge in [-0.15, -0.1) is 0 Å². The van der Waals surface area contributed by atoms with E-state index >= 15 is 0 Å². The Labute approximate surface area is 386 Å². The lowest BCUT2D eigenvalue weighted by Crippen LogP contribution is -2.38. The first kappa shape index (κ1) is 39.9.